The summed E-state index contributed by atoms with van der Waals surface area (Å²) in [5.41, 5.74) is 3.66. The molecule has 2 heterocycles. The van der Waals surface area contributed by atoms with E-state index in [4.69, 9.17) is 0 Å². The molecule has 6 nitrogen and oxygen atoms in total. The number of likely N-dealkylation sites (tertiary alicyclic amines) is 1. The number of carbonyl (C=O) groups is 2. The van der Waals surface area contributed by atoms with E-state index in [1.54, 1.807) is 17.1 Å². The fourth-order valence-electron chi connectivity index (χ4n) is 4.00. The standard InChI is InChI=1S/C24H26N4O2/c1-27-16-22(14-25-27)26-23(29)17-28-13-5-8-21(15-28)24(30)20-11-9-19(10-12-20)18-6-3-2-4-7-18/h2-4,6-7,9-12,14,16,21H,5,8,13,15,17H2,1H3,(H,26,29)/t21-/m0/s1. The number of carbonyl (C=O) groups excluding carboxylic acids is 2. The number of benzene rings is 2. The maximum absolute atomic E-state index is 13.0. The zero-order valence-corrected chi connectivity index (χ0v) is 17.1. The van der Waals surface area contributed by atoms with Crippen molar-refractivity contribution in [3.05, 3.63) is 72.6 Å². The van der Waals surface area contributed by atoms with Gasteiger partial charge in [-0.15, -0.1) is 0 Å². The highest BCUT2D eigenvalue weighted by molar-refractivity contribution is 5.98. The van der Waals surface area contributed by atoms with Gasteiger partial charge in [-0.3, -0.25) is 19.2 Å². The summed E-state index contributed by atoms with van der Waals surface area (Å²) in [5.74, 6) is 0.00260. The van der Waals surface area contributed by atoms with Crippen LogP contribution in [0.3, 0.4) is 0 Å². The van der Waals surface area contributed by atoms with Gasteiger partial charge >= 0.3 is 0 Å². The molecule has 30 heavy (non-hydrogen) atoms. The Morgan fingerprint density at radius 2 is 1.80 bits per heavy atom. The number of ketones is 1. The molecule has 1 N–H and O–H groups in total. The second-order valence-electron chi connectivity index (χ2n) is 7.83. The van der Waals surface area contributed by atoms with Crippen molar-refractivity contribution >= 4 is 17.4 Å². The number of rotatable bonds is 6. The van der Waals surface area contributed by atoms with Gasteiger partial charge in [0.25, 0.3) is 0 Å². The van der Waals surface area contributed by atoms with Crippen LogP contribution >= 0.6 is 0 Å². The first-order valence-electron chi connectivity index (χ1n) is 10.3. The second kappa shape index (κ2) is 9.05. The van der Waals surface area contributed by atoms with Crippen molar-refractivity contribution < 1.29 is 9.59 Å². The van der Waals surface area contributed by atoms with Crippen LogP contribution in [-0.2, 0) is 11.8 Å². The lowest BCUT2D eigenvalue weighted by molar-refractivity contribution is -0.117. The number of nitrogens with zero attached hydrogens (tertiary/aromatic N) is 3. The van der Waals surface area contributed by atoms with Crippen molar-refractivity contribution in [1.29, 1.82) is 0 Å². The summed E-state index contributed by atoms with van der Waals surface area (Å²) in [6, 6.07) is 18.0. The van der Waals surface area contributed by atoms with Crippen LogP contribution in [0.4, 0.5) is 5.69 Å². The molecular formula is C24H26N4O2. The summed E-state index contributed by atoms with van der Waals surface area (Å²) in [4.78, 5) is 27.4. The number of Topliss-reactive ketones (excluding diaryl/α,β-unsaturated/α-hetero) is 1. The third kappa shape index (κ3) is 4.83. The van der Waals surface area contributed by atoms with Crippen molar-refractivity contribution in [2.24, 2.45) is 13.0 Å². The molecule has 0 saturated carbocycles. The highest BCUT2D eigenvalue weighted by Crippen LogP contribution is 2.24. The van der Waals surface area contributed by atoms with Crippen LogP contribution in [0.5, 0.6) is 0 Å². The monoisotopic (exact) mass is 402 g/mol. The van der Waals surface area contributed by atoms with E-state index in [1.165, 1.54) is 0 Å². The Morgan fingerprint density at radius 1 is 1.07 bits per heavy atom. The van der Waals surface area contributed by atoms with E-state index in [9.17, 15) is 9.59 Å². The van der Waals surface area contributed by atoms with Crippen LogP contribution in [-0.4, -0.2) is 46.0 Å². The first-order chi connectivity index (χ1) is 14.6. The number of aryl methyl sites for hydroxylation is 1. The number of aromatic nitrogens is 2. The molecule has 0 bridgehead atoms. The van der Waals surface area contributed by atoms with Gasteiger partial charge < -0.3 is 5.32 Å². The van der Waals surface area contributed by atoms with Gasteiger partial charge in [0.1, 0.15) is 0 Å². The Bertz CT molecular complexity index is 1010. The van der Waals surface area contributed by atoms with Crippen molar-refractivity contribution in [3.8, 4) is 11.1 Å². The Labute approximate surface area is 176 Å². The van der Waals surface area contributed by atoms with Crippen LogP contribution < -0.4 is 5.32 Å². The molecular weight excluding hydrogens is 376 g/mol. The maximum Gasteiger partial charge on any atom is 0.238 e. The van der Waals surface area contributed by atoms with Crippen LogP contribution in [0.15, 0.2) is 67.0 Å². The highest BCUT2D eigenvalue weighted by Gasteiger charge is 2.27. The Kier molecular flexibility index (Phi) is 6.05. The van der Waals surface area contributed by atoms with Crippen molar-refractivity contribution in [3.63, 3.8) is 0 Å². The molecule has 0 spiro atoms. The van der Waals surface area contributed by atoms with Crippen molar-refractivity contribution in [2.75, 3.05) is 25.0 Å². The van der Waals surface area contributed by atoms with E-state index >= 15 is 0 Å². The molecule has 3 aromatic rings. The summed E-state index contributed by atoms with van der Waals surface area (Å²) in [6.45, 7) is 1.72. The summed E-state index contributed by atoms with van der Waals surface area (Å²) in [6.07, 6.45) is 5.16. The van der Waals surface area contributed by atoms with Gasteiger partial charge in [0.2, 0.25) is 5.91 Å². The number of nitrogens with one attached hydrogen (secondary N) is 1. The zero-order chi connectivity index (χ0) is 20.9. The van der Waals surface area contributed by atoms with Gasteiger partial charge in [0.05, 0.1) is 18.4 Å². The van der Waals surface area contributed by atoms with Gasteiger partial charge in [-0.2, -0.15) is 5.10 Å². The van der Waals surface area contributed by atoms with E-state index in [0.717, 1.165) is 36.1 Å². The minimum Gasteiger partial charge on any atom is -0.322 e. The molecule has 0 radical (unpaired) electrons. The topological polar surface area (TPSA) is 67.2 Å². The minimum atomic E-state index is -0.0803. The van der Waals surface area contributed by atoms with E-state index in [-0.39, 0.29) is 24.2 Å². The molecule has 0 unspecified atom stereocenters. The highest BCUT2D eigenvalue weighted by atomic mass is 16.2. The second-order valence-corrected chi connectivity index (χ2v) is 7.83. The van der Waals surface area contributed by atoms with Crippen LogP contribution in [0.2, 0.25) is 0 Å². The van der Waals surface area contributed by atoms with Crippen LogP contribution in [0.1, 0.15) is 23.2 Å². The Balaban J connectivity index is 1.35. The molecule has 6 heteroatoms. The average molecular weight is 402 g/mol. The number of hydrogen-bond donors (Lipinski definition) is 1. The number of amides is 1. The lowest BCUT2D eigenvalue weighted by Crippen LogP contribution is -2.42. The molecule has 1 saturated heterocycles. The van der Waals surface area contributed by atoms with Crippen molar-refractivity contribution in [2.45, 2.75) is 12.8 Å². The summed E-state index contributed by atoms with van der Waals surface area (Å²) >= 11 is 0. The third-order valence-corrected chi connectivity index (χ3v) is 5.51. The van der Waals surface area contributed by atoms with E-state index in [1.807, 2.05) is 49.5 Å². The Morgan fingerprint density at radius 3 is 2.50 bits per heavy atom. The van der Waals surface area contributed by atoms with E-state index in [2.05, 4.69) is 27.4 Å². The van der Waals surface area contributed by atoms with Gasteiger partial charge in [-0.1, -0.05) is 54.6 Å². The molecule has 1 aromatic heterocycles. The van der Waals surface area contributed by atoms with E-state index < -0.39 is 0 Å². The summed E-state index contributed by atoms with van der Waals surface area (Å²) < 4.78 is 1.65. The molecule has 0 aliphatic carbocycles. The number of piperidine rings is 1. The first-order valence-corrected chi connectivity index (χ1v) is 10.3. The smallest absolute Gasteiger partial charge is 0.238 e. The third-order valence-electron chi connectivity index (χ3n) is 5.51. The molecule has 1 atom stereocenters. The van der Waals surface area contributed by atoms with Gasteiger partial charge in [-0.05, 0) is 30.5 Å². The van der Waals surface area contributed by atoms with Crippen LogP contribution in [0.25, 0.3) is 11.1 Å². The fraction of sp³-hybridized carbons (Fsp3) is 0.292. The fourth-order valence-corrected chi connectivity index (χ4v) is 4.00. The minimum absolute atomic E-state index is 0.0764. The van der Waals surface area contributed by atoms with Gasteiger partial charge in [0.15, 0.2) is 5.78 Å². The molecule has 1 aliphatic rings. The molecule has 1 fully saturated rings. The SMILES string of the molecule is Cn1cc(NC(=O)CN2CCC[C@H](C(=O)c3ccc(-c4ccccc4)cc3)C2)cn1. The first kappa shape index (κ1) is 20.0. The van der Waals surface area contributed by atoms with Gasteiger partial charge in [-0.25, -0.2) is 0 Å². The number of hydrogen-bond acceptors (Lipinski definition) is 4. The predicted octanol–water partition coefficient (Wildman–Crippen LogP) is 3.62. The summed E-state index contributed by atoms with van der Waals surface area (Å²) in [7, 11) is 1.81. The normalized spacial score (nSPS) is 16.9. The molecule has 154 valence electrons. The Hall–Kier alpha value is -3.25. The van der Waals surface area contributed by atoms with Crippen LogP contribution in [0, 0.1) is 5.92 Å². The molecule has 1 amide bonds. The summed E-state index contributed by atoms with van der Waals surface area (Å²) in [5, 5.41) is 6.91. The lowest BCUT2D eigenvalue weighted by Gasteiger charge is -2.31. The van der Waals surface area contributed by atoms with E-state index in [0.29, 0.717) is 12.2 Å². The molecule has 4 rings (SSSR count). The lowest BCUT2D eigenvalue weighted by atomic mass is 9.89. The predicted molar refractivity (Wildman–Crippen MR) is 117 cm³/mol. The largest absolute Gasteiger partial charge is 0.322 e. The molecule has 1 aliphatic heterocycles. The zero-order valence-electron chi connectivity index (χ0n) is 17.1. The quantitative estimate of drug-likeness (QED) is 0.640. The number of anilines is 1. The maximum atomic E-state index is 13.0. The van der Waals surface area contributed by atoms with Crippen molar-refractivity contribution in [1.82, 2.24) is 14.7 Å². The average Bonchev–Trinajstić information content (AvgIpc) is 3.18. The molecule has 2 aromatic carbocycles. The van der Waals surface area contributed by atoms with Gasteiger partial charge in [0, 0.05) is 31.3 Å².